The van der Waals surface area contributed by atoms with Crippen molar-refractivity contribution in [3.63, 3.8) is 0 Å². The Morgan fingerprint density at radius 3 is 2.45 bits per heavy atom. The molecule has 0 saturated carbocycles. The van der Waals surface area contributed by atoms with Crippen LogP contribution in [0.4, 0.5) is 0 Å². The first kappa shape index (κ1) is 13.7. The van der Waals surface area contributed by atoms with Crippen LogP contribution in [-0.4, -0.2) is 35.9 Å². The largest absolute Gasteiger partial charge is 0.477 e. The molecule has 1 spiro atoms. The molecule has 1 unspecified atom stereocenters. The second kappa shape index (κ2) is 4.90. The average molecular weight is 292 g/mol. The van der Waals surface area contributed by atoms with Crippen LogP contribution in [0.1, 0.15) is 18.4 Å². The Labute approximate surface area is 125 Å². The van der Waals surface area contributed by atoms with Gasteiger partial charge in [-0.05, 0) is 25.9 Å². The highest BCUT2D eigenvalue weighted by atomic mass is 35.5. The van der Waals surface area contributed by atoms with Crippen LogP contribution in [0.15, 0.2) is 36.4 Å². The fourth-order valence-electron chi connectivity index (χ4n) is 3.68. The van der Waals surface area contributed by atoms with Gasteiger partial charge in [0.2, 0.25) is 5.78 Å². The Hall–Kier alpha value is -1.32. The molecule has 3 fully saturated rings. The third-order valence-electron chi connectivity index (χ3n) is 4.74. The van der Waals surface area contributed by atoms with Gasteiger partial charge in [0, 0.05) is 24.1 Å². The lowest BCUT2D eigenvalue weighted by Crippen LogP contribution is -2.62. The van der Waals surface area contributed by atoms with Gasteiger partial charge in [-0.2, -0.15) is 0 Å². The van der Waals surface area contributed by atoms with E-state index in [0.717, 1.165) is 43.8 Å². The summed E-state index contributed by atoms with van der Waals surface area (Å²) in [5.41, 5.74) is 0.422. The maximum absolute atomic E-state index is 12.5. The first-order valence-corrected chi connectivity index (χ1v) is 7.01. The van der Waals surface area contributed by atoms with Crippen LogP contribution >= 0.6 is 12.4 Å². The van der Waals surface area contributed by atoms with Gasteiger partial charge in [-0.3, -0.25) is 9.69 Å². The molecule has 0 aromatic heterocycles. The van der Waals surface area contributed by atoms with Crippen LogP contribution in [0.3, 0.4) is 0 Å². The average Bonchev–Trinajstić information content (AvgIpc) is 2.78. The zero-order valence-corrected chi connectivity index (χ0v) is 12.1. The number of rotatable bonds is 1. The minimum atomic E-state index is -0.582. The lowest BCUT2D eigenvalue weighted by atomic mass is 9.73. The fourth-order valence-corrected chi connectivity index (χ4v) is 3.68. The van der Waals surface area contributed by atoms with Gasteiger partial charge >= 0.3 is 0 Å². The highest BCUT2D eigenvalue weighted by Crippen LogP contribution is 2.45. The van der Waals surface area contributed by atoms with E-state index < -0.39 is 5.60 Å². The van der Waals surface area contributed by atoms with Gasteiger partial charge in [0.1, 0.15) is 5.76 Å². The van der Waals surface area contributed by atoms with Crippen molar-refractivity contribution < 1.29 is 9.53 Å². The molecule has 106 valence electrons. The molecule has 2 bridgehead atoms. The zero-order valence-electron chi connectivity index (χ0n) is 11.2. The van der Waals surface area contributed by atoms with Crippen molar-refractivity contribution in [1.29, 1.82) is 0 Å². The van der Waals surface area contributed by atoms with Gasteiger partial charge in [-0.1, -0.05) is 30.3 Å². The molecule has 0 amide bonds. The number of piperidine rings is 3. The van der Waals surface area contributed by atoms with Crippen LogP contribution in [0, 0.1) is 5.92 Å². The predicted molar refractivity (Wildman–Crippen MR) is 79.7 cm³/mol. The molecule has 1 atom stereocenters. The monoisotopic (exact) mass is 291 g/mol. The van der Waals surface area contributed by atoms with Crippen molar-refractivity contribution in [2.75, 3.05) is 19.6 Å². The van der Waals surface area contributed by atoms with E-state index in [2.05, 4.69) is 4.90 Å². The van der Waals surface area contributed by atoms with Gasteiger partial charge in [0.25, 0.3) is 0 Å². The van der Waals surface area contributed by atoms with Crippen molar-refractivity contribution in [1.82, 2.24) is 4.90 Å². The number of halogens is 1. The molecule has 4 aliphatic rings. The third-order valence-corrected chi connectivity index (χ3v) is 4.74. The first-order valence-electron chi connectivity index (χ1n) is 7.01. The van der Waals surface area contributed by atoms with Crippen LogP contribution < -0.4 is 0 Å². The van der Waals surface area contributed by atoms with Crippen LogP contribution in [0.25, 0.3) is 5.76 Å². The Bertz CT molecular complexity index is 549. The van der Waals surface area contributed by atoms with Crippen molar-refractivity contribution in [2.24, 2.45) is 5.92 Å². The number of ether oxygens (including phenoxy) is 1. The summed E-state index contributed by atoms with van der Waals surface area (Å²) in [5, 5.41) is 0. The van der Waals surface area contributed by atoms with Gasteiger partial charge in [0.15, 0.2) is 5.60 Å². The number of hydrogen-bond acceptors (Lipinski definition) is 3. The van der Waals surface area contributed by atoms with Crippen molar-refractivity contribution in [2.45, 2.75) is 18.4 Å². The number of nitrogens with zero attached hydrogens (tertiary/aromatic N) is 1. The molecule has 1 aromatic rings. The lowest BCUT2D eigenvalue weighted by molar-refractivity contribution is -0.148. The first-order chi connectivity index (χ1) is 9.28. The lowest BCUT2D eigenvalue weighted by Gasteiger charge is -2.49. The van der Waals surface area contributed by atoms with E-state index in [4.69, 9.17) is 4.74 Å². The van der Waals surface area contributed by atoms with Crippen molar-refractivity contribution in [3.05, 3.63) is 42.0 Å². The Balaban J connectivity index is 0.00000121. The highest BCUT2D eigenvalue weighted by molar-refractivity contribution is 6.06. The van der Waals surface area contributed by atoms with Crippen LogP contribution in [0.2, 0.25) is 0 Å². The van der Waals surface area contributed by atoms with Gasteiger partial charge < -0.3 is 4.74 Å². The number of benzene rings is 1. The molecule has 0 radical (unpaired) electrons. The normalized spacial score (nSPS) is 34.6. The molecule has 0 aliphatic carbocycles. The number of carbonyl (C=O) groups excluding carboxylic acids is 1. The molecular weight excluding hydrogens is 274 g/mol. The smallest absolute Gasteiger partial charge is 0.204 e. The molecule has 3 saturated heterocycles. The maximum Gasteiger partial charge on any atom is 0.204 e. The molecule has 3 nitrogen and oxygen atoms in total. The molecular formula is C16H18ClNO2. The summed E-state index contributed by atoms with van der Waals surface area (Å²) in [6.45, 7) is 3.00. The topological polar surface area (TPSA) is 29.5 Å². The number of hydrogen-bond donors (Lipinski definition) is 0. The van der Waals surface area contributed by atoms with E-state index in [1.54, 1.807) is 6.08 Å². The quantitative estimate of drug-likeness (QED) is 0.796. The number of fused-ring (bicyclic) bond motifs is 2. The molecule has 4 aliphatic heterocycles. The summed E-state index contributed by atoms with van der Waals surface area (Å²) in [6, 6.07) is 9.93. The molecule has 5 rings (SSSR count). The summed E-state index contributed by atoms with van der Waals surface area (Å²) < 4.78 is 6.19. The predicted octanol–water partition coefficient (Wildman–Crippen LogP) is 2.51. The summed E-state index contributed by atoms with van der Waals surface area (Å²) in [6.07, 6.45) is 3.88. The maximum atomic E-state index is 12.5. The SMILES string of the molecule is Cl.O=C1C=C(c2ccccc2)OC12CN1CCC2CC1. The van der Waals surface area contributed by atoms with E-state index in [0.29, 0.717) is 5.92 Å². The molecule has 4 heteroatoms. The van der Waals surface area contributed by atoms with Crippen LogP contribution in [0.5, 0.6) is 0 Å². The van der Waals surface area contributed by atoms with E-state index in [1.807, 2.05) is 30.3 Å². The van der Waals surface area contributed by atoms with Gasteiger partial charge in [-0.15, -0.1) is 12.4 Å². The molecule has 1 aromatic carbocycles. The fraction of sp³-hybridized carbons (Fsp3) is 0.438. The number of ketones is 1. The molecule has 4 heterocycles. The van der Waals surface area contributed by atoms with E-state index in [9.17, 15) is 4.79 Å². The minimum Gasteiger partial charge on any atom is -0.477 e. The van der Waals surface area contributed by atoms with Crippen molar-refractivity contribution in [3.8, 4) is 0 Å². The molecule has 20 heavy (non-hydrogen) atoms. The van der Waals surface area contributed by atoms with Crippen molar-refractivity contribution >= 4 is 23.9 Å². The van der Waals surface area contributed by atoms with E-state index in [1.165, 1.54) is 0 Å². The van der Waals surface area contributed by atoms with E-state index >= 15 is 0 Å². The highest BCUT2D eigenvalue weighted by Gasteiger charge is 2.56. The second-order valence-electron chi connectivity index (χ2n) is 5.78. The summed E-state index contributed by atoms with van der Waals surface area (Å²) in [5.74, 6) is 1.31. The van der Waals surface area contributed by atoms with Gasteiger partial charge in [0.05, 0.1) is 0 Å². The third kappa shape index (κ3) is 1.88. The number of carbonyl (C=O) groups is 1. The summed E-state index contributed by atoms with van der Waals surface area (Å²) >= 11 is 0. The summed E-state index contributed by atoms with van der Waals surface area (Å²) in [4.78, 5) is 14.9. The second-order valence-corrected chi connectivity index (χ2v) is 5.78. The zero-order chi connectivity index (χ0) is 12.9. The Kier molecular flexibility index (Phi) is 3.35. The Morgan fingerprint density at radius 2 is 1.85 bits per heavy atom. The van der Waals surface area contributed by atoms with Gasteiger partial charge in [-0.25, -0.2) is 0 Å². The Morgan fingerprint density at radius 1 is 1.15 bits per heavy atom. The molecule has 0 N–H and O–H groups in total. The van der Waals surface area contributed by atoms with E-state index in [-0.39, 0.29) is 18.2 Å². The van der Waals surface area contributed by atoms with Crippen LogP contribution in [-0.2, 0) is 9.53 Å². The summed E-state index contributed by atoms with van der Waals surface area (Å²) in [7, 11) is 0. The standard InChI is InChI=1S/C16H17NO2.ClH/c18-15-10-14(12-4-2-1-3-5-12)19-16(15)11-17-8-6-13(16)7-9-17;/h1-5,10,13H,6-9,11H2;1H. The minimum absolute atomic E-state index is 0.